The Balaban J connectivity index is 1.55. The van der Waals surface area contributed by atoms with E-state index in [0.717, 1.165) is 25.0 Å². The van der Waals surface area contributed by atoms with Crippen molar-refractivity contribution >= 4 is 34.0 Å². The van der Waals surface area contributed by atoms with Crippen LogP contribution in [0, 0.1) is 5.92 Å². The summed E-state index contributed by atoms with van der Waals surface area (Å²) in [5, 5.41) is 3.84. The SMILES string of the molecule is O=C(NCC1CCCC(F)(F)C1)c1c(Cl)ccc2nc(C3=CCCC3)ccc12. The average Bonchev–Trinajstić information content (AvgIpc) is 3.20. The van der Waals surface area contributed by atoms with Gasteiger partial charge in [0.05, 0.1) is 21.8 Å². The Hall–Kier alpha value is -2.01. The van der Waals surface area contributed by atoms with E-state index < -0.39 is 5.92 Å². The van der Waals surface area contributed by atoms with Gasteiger partial charge in [0, 0.05) is 24.8 Å². The fourth-order valence-corrected chi connectivity index (χ4v) is 4.52. The molecular weight excluding hydrogens is 382 g/mol. The zero-order valence-corrected chi connectivity index (χ0v) is 16.4. The van der Waals surface area contributed by atoms with E-state index in [1.54, 1.807) is 6.07 Å². The maximum atomic E-state index is 13.6. The molecule has 1 saturated carbocycles. The third-order valence-electron chi connectivity index (χ3n) is 5.71. The number of amides is 1. The van der Waals surface area contributed by atoms with E-state index in [4.69, 9.17) is 16.6 Å². The highest BCUT2D eigenvalue weighted by Crippen LogP contribution is 2.36. The summed E-state index contributed by atoms with van der Waals surface area (Å²) >= 11 is 6.31. The fraction of sp³-hybridized carbons (Fsp3) is 0.455. The lowest BCUT2D eigenvalue weighted by atomic mass is 9.86. The Morgan fingerprint density at radius 2 is 2.11 bits per heavy atom. The third kappa shape index (κ3) is 4.04. The van der Waals surface area contributed by atoms with Gasteiger partial charge in [0.15, 0.2) is 0 Å². The predicted molar refractivity (Wildman–Crippen MR) is 108 cm³/mol. The third-order valence-corrected chi connectivity index (χ3v) is 6.03. The Morgan fingerprint density at radius 3 is 2.86 bits per heavy atom. The Bertz CT molecular complexity index is 942. The number of hydrogen-bond donors (Lipinski definition) is 1. The summed E-state index contributed by atoms with van der Waals surface area (Å²) in [6.45, 7) is 0.236. The number of pyridine rings is 1. The lowest BCUT2D eigenvalue weighted by Crippen LogP contribution is -2.35. The minimum Gasteiger partial charge on any atom is -0.352 e. The van der Waals surface area contributed by atoms with E-state index in [9.17, 15) is 13.6 Å². The van der Waals surface area contributed by atoms with E-state index in [2.05, 4.69) is 11.4 Å². The molecule has 3 nitrogen and oxygen atoms in total. The second-order valence-electron chi connectivity index (χ2n) is 7.84. The minimum absolute atomic E-state index is 0.0585. The molecule has 1 N–H and O–H groups in total. The standard InChI is InChI=1S/C22H23ClF2N2O/c23-17-8-10-19-16(7-9-18(27-19)15-5-1-2-6-15)20(17)21(28)26-13-14-4-3-11-22(24,25)12-14/h5,7-10,14H,1-4,6,11-13H2,(H,26,28). The van der Waals surface area contributed by atoms with Crippen molar-refractivity contribution in [1.29, 1.82) is 0 Å². The first-order valence-electron chi connectivity index (χ1n) is 9.88. The number of alkyl halides is 2. The summed E-state index contributed by atoms with van der Waals surface area (Å²) in [4.78, 5) is 17.5. The molecule has 1 amide bonds. The summed E-state index contributed by atoms with van der Waals surface area (Å²) in [6.07, 6.45) is 6.41. The number of allylic oxidation sites excluding steroid dienone is 2. The Labute approximate surface area is 168 Å². The molecule has 2 aliphatic rings. The molecule has 28 heavy (non-hydrogen) atoms. The molecular formula is C22H23ClF2N2O. The van der Waals surface area contributed by atoms with Gasteiger partial charge < -0.3 is 5.32 Å². The normalized spacial score (nSPS) is 21.5. The van der Waals surface area contributed by atoms with Gasteiger partial charge in [-0.3, -0.25) is 4.79 Å². The van der Waals surface area contributed by atoms with Gasteiger partial charge >= 0.3 is 0 Å². The first kappa shape index (κ1) is 19.3. The lowest BCUT2D eigenvalue weighted by Gasteiger charge is -2.29. The topological polar surface area (TPSA) is 42.0 Å². The molecule has 4 rings (SSSR count). The number of carbonyl (C=O) groups excluding carboxylic acids is 1. The summed E-state index contributed by atoms with van der Waals surface area (Å²) in [5.74, 6) is -3.17. The van der Waals surface area contributed by atoms with Crippen LogP contribution >= 0.6 is 11.6 Å². The van der Waals surface area contributed by atoms with Crippen molar-refractivity contribution in [2.75, 3.05) is 6.54 Å². The van der Waals surface area contributed by atoms with Crippen LogP contribution in [0.5, 0.6) is 0 Å². The number of carbonyl (C=O) groups is 1. The number of hydrogen-bond acceptors (Lipinski definition) is 2. The number of rotatable bonds is 4. The van der Waals surface area contributed by atoms with Gasteiger partial charge in [-0.15, -0.1) is 0 Å². The van der Waals surface area contributed by atoms with Crippen molar-refractivity contribution < 1.29 is 13.6 Å². The van der Waals surface area contributed by atoms with Crippen LogP contribution < -0.4 is 5.32 Å². The summed E-state index contributed by atoms with van der Waals surface area (Å²) in [7, 11) is 0. The van der Waals surface area contributed by atoms with E-state index in [1.807, 2.05) is 18.2 Å². The Morgan fingerprint density at radius 1 is 1.25 bits per heavy atom. The van der Waals surface area contributed by atoms with Gasteiger partial charge in [0.2, 0.25) is 5.92 Å². The van der Waals surface area contributed by atoms with Crippen molar-refractivity contribution in [3.8, 4) is 0 Å². The monoisotopic (exact) mass is 404 g/mol. The number of nitrogens with zero attached hydrogens (tertiary/aromatic N) is 1. The van der Waals surface area contributed by atoms with Gasteiger partial charge in [-0.1, -0.05) is 17.7 Å². The highest BCUT2D eigenvalue weighted by molar-refractivity contribution is 6.35. The molecule has 2 aliphatic carbocycles. The van der Waals surface area contributed by atoms with E-state index >= 15 is 0 Å². The molecule has 0 aliphatic heterocycles. The zero-order chi connectivity index (χ0) is 19.7. The maximum Gasteiger partial charge on any atom is 0.253 e. The average molecular weight is 405 g/mol. The summed E-state index contributed by atoms with van der Waals surface area (Å²) in [6, 6.07) is 7.29. The van der Waals surface area contributed by atoms with Crippen LogP contribution in [-0.4, -0.2) is 23.4 Å². The highest BCUT2D eigenvalue weighted by Gasteiger charge is 2.36. The fourth-order valence-electron chi connectivity index (χ4n) is 4.27. The van der Waals surface area contributed by atoms with Crippen LogP contribution in [0.1, 0.15) is 61.0 Å². The largest absolute Gasteiger partial charge is 0.352 e. The number of fused-ring (bicyclic) bond motifs is 1. The molecule has 2 aromatic rings. The molecule has 6 heteroatoms. The molecule has 1 aromatic carbocycles. The quantitative estimate of drug-likeness (QED) is 0.677. The van der Waals surface area contributed by atoms with Crippen molar-refractivity contribution in [3.63, 3.8) is 0 Å². The molecule has 1 atom stereocenters. The zero-order valence-electron chi connectivity index (χ0n) is 15.6. The van der Waals surface area contributed by atoms with E-state index in [1.165, 1.54) is 5.57 Å². The van der Waals surface area contributed by atoms with Crippen LogP contribution in [-0.2, 0) is 0 Å². The first-order chi connectivity index (χ1) is 13.4. The molecule has 1 heterocycles. The molecule has 0 spiro atoms. The molecule has 0 saturated heterocycles. The predicted octanol–water partition coefficient (Wildman–Crippen LogP) is 6.01. The van der Waals surface area contributed by atoms with Crippen LogP contribution in [0.4, 0.5) is 8.78 Å². The maximum absolute atomic E-state index is 13.6. The first-order valence-corrected chi connectivity index (χ1v) is 10.3. The highest BCUT2D eigenvalue weighted by atomic mass is 35.5. The van der Waals surface area contributed by atoms with Crippen molar-refractivity contribution in [1.82, 2.24) is 10.3 Å². The molecule has 1 fully saturated rings. The second kappa shape index (κ2) is 7.78. The number of benzene rings is 1. The smallest absolute Gasteiger partial charge is 0.253 e. The second-order valence-corrected chi connectivity index (χ2v) is 8.24. The molecule has 1 aromatic heterocycles. The lowest BCUT2D eigenvalue weighted by molar-refractivity contribution is -0.0518. The number of nitrogens with one attached hydrogen (secondary N) is 1. The summed E-state index contributed by atoms with van der Waals surface area (Å²) < 4.78 is 27.2. The van der Waals surface area contributed by atoms with Crippen LogP contribution in [0.2, 0.25) is 5.02 Å². The van der Waals surface area contributed by atoms with Crippen molar-refractivity contribution in [3.05, 3.63) is 46.6 Å². The van der Waals surface area contributed by atoms with Crippen molar-refractivity contribution in [2.45, 2.75) is 50.9 Å². The summed E-state index contributed by atoms with van der Waals surface area (Å²) in [5.41, 5.74) is 3.24. The number of aromatic nitrogens is 1. The van der Waals surface area contributed by atoms with Gasteiger partial charge in [-0.25, -0.2) is 13.8 Å². The van der Waals surface area contributed by atoms with Crippen LogP contribution in [0.3, 0.4) is 0 Å². The van der Waals surface area contributed by atoms with Gasteiger partial charge in [-0.2, -0.15) is 0 Å². The van der Waals surface area contributed by atoms with Gasteiger partial charge in [0.25, 0.3) is 5.91 Å². The minimum atomic E-state index is -2.63. The Kier molecular flexibility index (Phi) is 5.37. The van der Waals surface area contributed by atoms with Gasteiger partial charge in [-0.05, 0) is 67.9 Å². The van der Waals surface area contributed by atoms with E-state index in [0.29, 0.717) is 34.3 Å². The molecule has 0 bridgehead atoms. The number of halogens is 3. The van der Waals surface area contributed by atoms with E-state index in [-0.39, 0.29) is 31.2 Å². The molecule has 0 radical (unpaired) electrons. The van der Waals surface area contributed by atoms with Crippen LogP contribution in [0.25, 0.3) is 16.5 Å². The molecule has 148 valence electrons. The van der Waals surface area contributed by atoms with Crippen LogP contribution in [0.15, 0.2) is 30.3 Å². The van der Waals surface area contributed by atoms with Crippen molar-refractivity contribution in [2.24, 2.45) is 5.92 Å². The van der Waals surface area contributed by atoms with Gasteiger partial charge in [0.1, 0.15) is 0 Å². The molecule has 1 unspecified atom stereocenters.